The van der Waals surface area contributed by atoms with Crippen LogP contribution in [-0.2, 0) is 17.8 Å². The Morgan fingerprint density at radius 1 is 1.23 bits per heavy atom. The minimum Gasteiger partial charge on any atom is -0.373 e. The largest absolute Gasteiger partial charge is 0.390 e. The Balaban J connectivity index is 0.000000347. The van der Waals surface area contributed by atoms with Crippen molar-refractivity contribution in [2.45, 2.75) is 39.4 Å². The number of aromatic nitrogens is 1. The Morgan fingerprint density at radius 3 is 2.41 bits per heavy atom. The number of aldehydes is 1. The Kier molecular flexibility index (Phi) is 13.8. The zero-order valence-corrected chi connectivity index (χ0v) is 22.4. The SMILES string of the molecule is CNC=O.CNc1cccc(N(N)/C(=N\N)C(C)C)n1.O=Cc1cc2c(cc1F)CCN(CCC(F)(F)F)C2. The number of benzene rings is 1. The van der Waals surface area contributed by atoms with Crippen LogP contribution in [0.25, 0.3) is 0 Å². The molecule has 0 saturated carbocycles. The smallest absolute Gasteiger partial charge is 0.373 e. The fourth-order valence-corrected chi connectivity index (χ4v) is 3.53. The average molecular weight is 557 g/mol. The van der Waals surface area contributed by atoms with E-state index >= 15 is 0 Å². The molecule has 1 aromatic carbocycles. The molecule has 1 aliphatic heterocycles. The van der Waals surface area contributed by atoms with Crippen LogP contribution in [0.4, 0.5) is 29.2 Å². The van der Waals surface area contributed by atoms with E-state index in [0.717, 1.165) is 16.9 Å². The summed E-state index contributed by atoms with van der Waals surface area (Å²) in [6, 6.07) is 8.25. The zero-order chi connectivity index (χ0) is 29.6. The van der Waals surface area contributed by atoms with Gasteiger partial charge < -0.3 is 16.5 Å². The van der Waals surface area contributed by atoms with Gasteiger partial charge in [0.15, 0.2) is 12.1 Å². The van der Waals surface area contributed by atoms with Crippen LogP contribution in [0, 0.1) is 11.7 Å². The number of carbonyl (C=O) groups excluding carboxylic acids is 2. The number of hydrogen-bond donors (Lipinski definition) is 4. The van der Waals surface area contributed by atoms with Gasteiger partial charge in [-0.2, -0.15) is 18.3 Å². The van der Waals surface area contributed by atoms with Crippen LogP contribution in [0.15, 0.2) is 35.4 Å². The summed E-state index contributed by atoms with van der Waals surface area (Å²) in [5, 5.41) is 10.3. The topological polar surface area (TPSA) is 142 Å². The van der Waals surface area contributed by atoms with Gasteiger partial charge in [-0.15, -0.1) is 0 Å². The third kappa shape index (κ3) is 11.2. The van der Waals surface area contributed by atoms with Crippen molar-refractivity contribution in [3.8, 4) is 0 Å². The first kappa shape index (κ1) is 33.2. The second-order valence-electron chi connectivity index (χ2n) is 8.70. The molecule has 0 spiro atoms. The number of rotatable bonds is 7. The maximum Gasteiger partial charge on any atom is 0.390 e. The minimum absolute atomic E-state index is 0.0450. The highest BCUT2D eigenvalue weighted by Gasteiger charge is 2.29. The van der Waals surface area contributed by atoms with E-state index < -0.39 is 18.4 Å². The van der Waals surface area contributed by atoms with E-state index in [0.29, 0.717) is 43.9 Å². The molecule has 2 heterocycles. The maximum absolute atomic E-state index is 13.4. The summed E-state index contributed by atoms with van der Waals surface area (Å²) < 4.78 is 49.9. The number of hydrogen-bond acceptors (Lipinski definition) is 8. The molecular weight excluding hydrogens is 520 g/mol. The first-order chi connectivity index (χ1) is 18.4. The number of halogens is 4. The van der Waals surface area contributed by atoms with Crippen LogP contribution >= 0.6 is 0 Å². The van der Waals surface area contributed by atoms with E-state index in [1.165, 1.54) is 17.1 Å². The fourth-order valence-electron chi connectivity index (χ4n) is 3.53. The van der Waals surface area contributed by atoms with Crippen molar-refractivity contribution >= 4 is 30.2 Å². The van der Waals surface area contributed by atoms with Crippen LogP contribution in [0.2, 0.25) is 0 Å². The highest BCUT2D eigenvalue weighted by atomic mass is 19.4. The lowest BCUT2D eigenvalue weighted by Crippen LogP contribution is -2.41. The van der Waals surface area contributed by atoms with Crippen molar-refractivity contribution in [1.29, 1.82) is 0 Å². The molecule has 39 heavy (non-hydrogen) atoms. The number of nitrogens with one attached hydrogen (secondary N) is 2. The molecule has 1 aromatic heterocycles. The van der Waals surface area contributed by atoms with Gasteiger partial charge in [0.2, 0.25) is 6.41 Å². The van der Waals surface area contributed by atoms with Crippen LogP contribution in [0.1, 0.15) is 41.8 Å². The number of nitrogens with zero attached hydrogens (tertiary/aromatic N) is 4. The summed E-state index contributed by atoms with van der Waals surface area (Å²) in [6.45, 7) is 4.66. The van der Waals surface area contributed by atoms with Gasteiger partial charge in [-0.25, -0.2) is 20.2 Å². The number of alkyl halides is 3. The molecule has 0 radical (unpaired) electrons. The lowest BCUT2D eigenvalue weighted by Gasteiger charge is -2.29. The lowest BCUT2D eigenvalue weighted by atomic mass is 9.97. The van der Waals surface area contributed by atoms with E-state index in [2.05, 4.69) is 20.7 Å². The lowest BCUT2D eigenvalue weighted by molar-refractivity contribution is -0.138. The molecule has 0 unspecified atom stereocenters. The first-order valence-corrected chi connectivity index (χ1v) is 12.0. The van der Waals surface area contributed by atoms with E-state index in [9.17, 15) is 22.4 Å². The number of amidine groups is 1. The van der Waals surface area contributed by atoms with Gasteiger partial charge in [0.25, 0.3) is 0 Å². The normalized spacial score (nSPS) is 13.2. The fraction of sp³-hybridized carbons (Fsp3) is 0.440. The third-order valence-electron chi connectivity index (χ3n) is 5.50. The standard InChI is InChI=1S/C13H13F4NO.C10H18N6.C2H5NO/c14-12-6-9-1-3-18(4-2-13(15,16)17)7-10(9)5-11(12)8-19;1-7(2)10(15-11)16(12)9-6-4-5-8(13-3)14-9;1-3-2-4/h5-6,8H,1-4,7H2;4-7H,11-12H2,1-3H3,(H,13,14);2H,1H3,(H,3,4)/b;15-10-;. The van der Waals surface area contributed by atoms with Gasteiger partial charge in [-0.3, -0.25) is 14.5 Å². The van der Waals surface area contributed by atoms with Crippen LogP contribution in [0.5, 0.6) is 0 Å². The summed E-state index contributed by atoms with van der Waals surface area (Å²) in [5.41, 5.74) is 1.46. The molecule has 0 atom stereocenters. The number of anilines is 2. The third-order valence-corrected chi connectivity index (χ3v) is 5.50. The van der Waals surface area contributed by atoms with Crippen molar-refractivity contribution in [3.63, 3.8) is 0 Å². The summed E-state index contributed by atoms with van der Waals surface area (Å²) in [7, 11) is 3.36. The second kappa shape index (κ2) is 16.2. The maximum atomic E-state index is 13.4. The molecule has 0 saturated heterocycles. The molecule has 0 aliphatic carbocycles. The molecule has 10 nitrogen and oxygen atoms in total. The summed E-state index contributed by atoms with van der Waals surface area (Å²) in [5.74, 6) is 12.7. The predicted octanol–water partition coefficient (Wildman–Crippen LogP) is 3.04. The quantitative estimate of drug-likeness (QED) is 0.102. The van der Waals surface area contributed by atoms with Gasteiger partial charge in [0.1, 0.15) is 17.5 Å². The molecule has 2 aromatic rings. The van der Waals surface area contributed by atoms with Gasteiger partial charge in [0, 0.05) is 39.6 Å². The zero-order valence-electron chi connectivity index (χ0n) is 22.4. The highest BCUT2D eigenvalue weighted by Crippen LogP contribution is 2.25. The number of nitrogens with two attached hydrogens (primary N) is 2. The van der Waals surface area contributed by atoms with Crippen molar-refractivity contribution in [3.05, 3.63) is 52.8 Å². The van der Waals surface area contributed by atoms with Crippen LogP contribution in [-0.4, -0.2) is 61.8 Å². The van der Waals surface area contributed by atoms with E-state index in [-0.39, 0.29) is 18.0 Å². The molecule has 1 aliphatic rings. The molecule has 14 heteroatoms. The number of pyridine rings is 1. The van der Waals surface area contributed by atoms with E-state index in [1.54, 1.807) is 25.1 Å². The van der Waals surface area contributed by atoms with Gasteiger partial charge in [-0.05, 0) is 41.8 Å². The summed E-state index contributed by atoms with van der Waals surface area (Å²) in [4.78, 5) is 25.7. The predicted molar refractivity (Wildman–Crippen MR) is 143 cm³/mol. The van der Waals surface area contributed by atoms with Crippen molar-refractivity contribution in [2.75, 3.05) is 37.5 Å². The molecule has 0 fully saturated rings. The second-order valence-corrected chi connectivity index (χ2v) is 8.70. The van der Waals surface area contributed by atoms with Gasteiger partial charge in [-0.1, -0.05) is 19.9 Å². The Morgan fingerprint density at radius 2 is 1.90 bits per heavy atom. The van der Waals surface area contributed by atoms with Crippen LogP contribution in [0.3, 0.4) is 0 Å². The molecule has 216 valence electrons. The molecule has 0 bridgehead atoms. The molecule has 6 N–H and O–H groups in total. The van der Waals surface area contributed by atoms with Crippen LogP contribution < -0.4 is 27.3 Å². The number of amides is 1. The highest BCUT2D eigenvalue weighted by molar-refractivity contribution is 5.97. The summed E-state index contributed by atoms with van der Waals surface area (Å²) >= 11 is 0. The van der Waals surface area contributed by atoms with Crippen molar-refractivity contribution in [2.24, 2.45) is 22.7 Å². The number of hydrazine groups is 1. The molecular formula is C25H36F4N8O2. The van der Waals surface area contributed by atoms with E-state index in [4.69, 9.17) is 16.5 Å². The number of carbonyl (C=O) groups is 2. The van der Waals surface area contributed by atoms with Crippen molar-refractivity contribution < 1.29 is 27.2 Å². The Labute approximate surface area is 225 Å². The minimum atomic E-state index is -4.17. The van der Waals surface area contributed by atoms with Crippen molar-refractivity contribution in [1.82, 2.24) is 15.2 Å². The Hall–Kier alpha value is -3.78. The summed E-state index contributed by atoms with van der Waals surface area (Å²) in [6.07, 6.45) is -3.48. The number of fused-ring (bicyclic) bond motifs is 1. The molecule has 1 amide bonds. The monoisotopic (exact) mass is 556 g/mol. The Bertz CT molecular complexity index is 1100. The average Bonchev–Trinajstić information content (AvgIpc) is 2.91. The number of hydrazone groups is 1. The molecule has 3 rings (SSSR count). The van der Waals surface area contributed by atoms with Gasteiger partial charge >= 0.3 is 6.18 Å². The van der Waals surface area contributed by atoms with E-state index in [1.807, 2.05) is 26.0 Å². The first-order valence-electron chi connectivity index (χ1n) is 12.0. The van der Waals surface area contributed by atoms with Gasteiger partial charge in [0.05, 0.1) is 12.0 Å².